The highest BCUT2D eigenvalue weighted by Gasteiger charge is 2.24. The van der Waals surface area contributed by atoms with Crippen molar-refractivity contribution in [1.29, 1.82) is 0 Å². The van der Waals surface area contributed by atoms with E-state index in [4.69, 9.17) is 0 Å². The molecule has 80 valence electrons. The summed E-state index contributed by atoms with van der Waals surface area (Å²) in [4.78, 5) is 15.7. The van der Waals surface area contributed by atoms with Gasteiger partial charge < -0.3 is 5.32 Å². The van der Waals surface area contributed by atoms with Crippen LogP contribution in [0.2, 0.25) is 0 Å². The largest absolute Gasteiger partial charge is 0.325 e. The van der Waals surface area contributed by atoms with Crippen LogP contribution in [-0.2, 0) is 4.79 Å². The normalized spacial score (nSPS) is 15.4. The Kier molecular flexibility index (Phi) is 2.71. The van der Waals surface area contributed by atoms with Crippen LogP contribution < -0.4 is 5.32 Å². The van der Waals surface area contributed by atoms with Crippen molar-refractivity contribution in [2.75, 3.05) is 5.32 Å². The third kappa shape index (κ3) is 2.55. The summed E-state index contributed by atoms with van der Waals surface area (Å²) in [6.45, 7) is 3.75. The van der Waals surface area contributed by atoms with E-state index in [1.807, 2.05) is 26.0 Å². The van der Waals surface area contributed by atoms with Crippen LogP contribution in [0.15, 0.2) is 18.3 Å². The fourth-order valence-electron chi connectivity index (χ4n) is 1.39. The highest BCUT2D eigenvalue weighted by molar-refractivity contribution is 5.91. The summed E-state index contributed by atoms with van der Waals surface area (Å²) in [7, 11) is 0. The average Bonchev–Trinajstić information content (AvgIpc) is 3.02. The van der Waals surface area contributed by atoms with Crippen LogP contribution in [0.3, 0.4) is 0 Å². The zero-order chi connectivity index (χ0) is 10.8. The van der Waals surface area contributed by atoms with Gasteiger partial charge in [-0.3, -0.25) is 9.78 Å². The lowest BCUT2D eigenvalue weighted by atomic mass is 10.2. The van der Waals surface area contributed by atoms with Gasteiger partial charge in [0, 0.05) is 17.5 Å². The van der Waals surface area contributed by atoms with Crippen molar-refractivity contribution in [3.8, 4) is 0 Å². The van der Waals surface area contributed by atoms with Crippen molar-refractivity contribution >= 4 is 11.6 Å². The summed E-state index contributed by atoms with van der Waals surface area (Å²) in [5.41, 5.74) is 1.94. The molecule has 0 unspecified atom stereocenters. The Morgan fingerprint density at radius 3 is 2.67 bits per heavy atom. The van der Waals surface area contributed by atoms with Crippen LogP contribution in [0.5, 0.6) is 0 Å². The van der Waals surface area contributed by atoms with Gasteiger partial charge in [-0.25, -0.2) is 0 Å². The molecular weight excluding hydrogens is 188 g/mol. The van der Waals surface area contributed by atoms with Crippen molar-refractivity contribution < 1.29 is 4.79 Å². The molecule has 1 heterocycles. The van der Waals surface area contributed by atoms with Gasteiger partial charge in [-0.15, -0.1) is 0 Å². The van der Waals surface area contributed by atoms with Crippen LogP contribution in [-0.4, -0.2) is 10.9 Å². The maximum atomic E-state index is 11.4. The summed E-state index contributed by atoms with van der Waals surface area (Å²) < 4.78 is 0. The van der Waals surface area contributed by atoms with Crippen molar-refractivity contribution in [2.45, 2.75) is 32.6 Å². The number of anilines is 1. The molecule has 0 bridgehead atoms. The van der Waals surface area contributed by atoms with Gasteiger partial charge in [0.05, 0.1) is 11.9 Å². The summed E-state index contributed by atoms with van der Waals surface area (Å²) in [6, 6.07) is 3.94. The number of nitrogens with one attached hydrogen (secondary N) is 1. The molecule has 0 spiro atoms. The third-order valence-electron chi connectivity index (χ3n) is 2.57. The van der Waals surface area contributed by atoms with Crippen molar-refractivity contribution in [1.82, 2.24) is 4.98 Å². The minimum Gasteiger partial charge on any atom is -0.325 e. The minimum atomic E-state index is 0.00751. The van der Waals surface area contributed by atoms with Gasteiger partial charge in [0.1, 0.15) is 0 Å². The van der Waals surface area contributed by atoms with E-state index < -0.39 is 0 Å². The molecule has 1 saturated carbocycles. The highest BCUT2D eigenvalue weighted by atomic mass is 16.1. The van der Waals surface area contributed by atoms with E-state index in [1.165, 1.54) is 12.8 Å². The maximum absolute atomic E-state index is 11.4. The molecule has 0 atom stereocenters. The van der Waals surface area contributed by atoms with E-state index in [2.05, 4.69) is 10.3 Å². The van der Waals surface area contributed by atoms with Gasteiger partial charge >= 0.3 is 0 Å². The molecule has 0 aliphatic heterocycles. The Bertz CT molecular complexity index is 352. The Labute approximate surface area is 89.9 Å². The molecule has 3 heteroatoms. The molecule has 0 saturated heterocycles. The highest BCUT2D eigenvalue weighted by Crippen LogP contribution is 2.38. The first-order valence-corrected chi connectivity index (χ1v) is 5.43. The van der Waals surface area contributed by atoms with Crippen LogP contribution in [0.25, 0.3) is 0 Å². The second-order valence-corrected chi connectivity index (χ2v) is 4.39. The first kappa shape index (κ1) is 10.1. The zero-order valence-corrected chi connectivity index (χ0v) is 9.16. The topological polar surface area (TPSA) is 42.0 Å². The third-order valence-corrected chi connectivity index (χ3v) is 2.57. The van der Waals surface area contributed by atoms with Gasteiger partial charge in [0.15, 0.2) is 0 Å². The van der Waals surface area contributed by atoms with Gasteiger partial charge in [0.2, 0.25) is 5.91 Å². The molecule has 3 nitrogen and oxygen atoms in total. The van der Waals surface area contributed by atoms with Crippen LogP contribution in [0.1, 0.15) is 38.3 Å². The van der Waals surface area contributed by atoms with E-state index in [-0.39, 0.29) is 11.8 Å². The quantitative estimate of drug-likeness (QED) is 0.822. The first-order chi connectivity index (χ1) is 7.16. The second kappa shape index (κ2) is 4.01. The summed E-state index contributed by atoms with van der Waals surface area (Å²) in [5, 5.41) is 2.83. The number of hydrogen-bond donors (Lipinski definition) is 1. The number of hydrogen-bond acceptors (Lipinski definition) is 2. The fraction of sp³-hybridized carbons (Fsp3) is 0.500. The van der Waals surface area contributed by atoms with E-state index in [1.54, 1.807) is 6.20 Å². The van der Waals surface area contributed by atoms with Crippen molar-refractivity contribution in [2.24, 2.45) is 5.92 Å². The molecular formula is C12H16N2O. The smallest absolute Gasteiger partial charge is 0.226 e. The lowest BCUT2D eigenvalue weighted by Gasteiger charge is -2.07. The summed E-state index contributed by atoms with van der Waals surface area (Å²) in [5.74, 6) is 0.712. The Morgan fingerprint density at radius 1 is 1.47 bits per heavy atom. The van der Waals surface area contributed by atoms with Crippen LogP contribution >= 0.6 is 0 Å². The second-order valence-electron chi connectivity index (χ2n) is 4.39. The van der Waals surface area contributed by atoms with Crippen LogP contribution in [0, 0.1) is 5.92 Å². The zero-order valence-electron chi connectivity index (χ0n) is 9.16. The Morgan fingerprint density at radius 2 is 2.20 bits per heavy atom. The lowest BCUT2D eigenvalue weighted by Crippen LogP contribution is -2.17. The van der Waals surface area contributed by atoms with Gasteiger partial charge in [-0.1, -0.05) is 13.8 Å². The molecule has 0 aromatic carbocycles. The van der Waals surface area contributed by atoms with E-state index >= 15 is 0 Å². The lowest BCUT2D eigenvalue weighted by molar-refractivity contribution is -0.118. The minimum absolute atomic E-state index is 0.00751. The van der Waals surface area contributed by atoms with Crippen molar-refractivity contribution in [3.63, 3.8) is 0 Å². The number of rotatable bonds is 3. The predicted octanol–water partition coefficient (Wildman–Crippen LogP) is 2.55. The first-order valence-electron chi connectivity index (χ1n) is 5.43. The Hall–Kier alpha value is -1.38. The number of amides is 1. The molecule has 1 aromatic heterocycles. The van der Waals surface area contributed by atoms with Crippen LogP contribution in [0.4, 0.5) is 5.69 Å². The monoisotopic (exact) mass is 204 g/mol. The van der Waals surface area contributed by atoms with E-state index in [9.17, 15) is 4.79 Å². The predicted molar refractivity (Wildman–Crippen MR) is 59.7 cm³/mol. The standard InChI is InChI=1S/C12H16N2O/c1-8(2)12(15)14-10-5-6-11(13-7-10)9-3-4-9/h5-9H,3-4H2,1-2H3,(H,14,15). The molecule has 1 aliphatic rings. The molecule has 1 fully saturated rings. The van der Waals surface area contributed by atoms with Gasteiger partial charge in [0.25, 0.3) is 0 Å². The van der Waals surface area contributed by atoms with E-state index in [0.717, 1.165) is 11.4 Å². The van der Waals surface area contributed by atoms with Gasteiger partial charge in [-0.2, -0.15) is 0 Å². The molecule has 1 aliphatic carbocycles. The number of carbonyl (C=O) groups is 1. The molecule has 1 amide bonds. The number of pyridine rings is 1. The summed E-state index contributed by atoms with van der Waals surface area (Å²) in [6.07, 6.45) is 4.25. The average molecular weight is 204 g/mol. The number of nitrogens with zero attached hydrogens (tertiary/aromatic N) is 1. The molecule has 2 rings (SSSR count). The Balaban J connectivity index is 2.00. The SMILES string of the molecule is CC(C)C(=O)Nc1ccc(C2CC2)nc1. The molecule has 1 N–H and O–H groups in total. The summed E-state index contributed by atoms with van der Waals surface area (Å²) >= 11 is 0. The molecule has 1 aromatic rings. The van der Waals surface area contributed by atoms with Gasteiger partial charge in [-0.05, 0) is 25.0 Å². The number of aromatic nitrogens is 1. The maximum Gasteiger partial charge on any atom is 0.226 e. The molecule has 0 radical (unpaired) electrons. The van der Waals surface area contributed by atoms with E-state index in [0.29, 0.717) is 5.92 Å². The number of carbonyl (C=O) groups excluding carboxylic acids is 1. The molecule has 15 heavy (non-hydrogen) atoms. The van der Waals surface area contributed by atoms with Crippen molar-refractivity contribution in [3.05, 3.63) is 24.0 Å². The fourth-order valence-corrected chi connectivity index (χ4v) is 1.39.